The SMILES string of the molecule is CN(C)c1cccc(OCCC(N)=S)c1. The Bertz CT molecular complexity index is 339. The summed E-state index contributed by atoms with van der Waals surface area (Å²) in [6, 6.07) is 7.90. The van der Waals surface area contributed by atoms with Gasteiger partial charge in [0.2, 0.25) is 0 Å². The molecular formula is C11H16N2OS. The second kappa shape index (κ2) is 5.56. The molecule has 0 aliphatic rings. The van der Waals surface area contributed by atoms with Crippen LogP contribution in [0.5, 0.6) is 5.75 Å². The van der Waals surface area contributed by atoms with Crippen molar-refractivity contribution in [2.75, 3.05) is 25.6 Å². The van der Waals surface area contributed by atoms with Crippen molar-refractivity contribution in [3.05, 3.63) is 24.3 Å². The van der Waals surface area contributed by atoms with E-state index in [-0.39, 0.29) is 0 Å². The molecule has 1 rings (SSSR count). The first kappa shape index (κ1) is 11.8. The van der Waals surface area contributed by atoms with Crippen molar-refractivity contribution >= 4 is 22.9 Å². The van der Waals surface area contributed by atoms with Crippen molar-refractivity contribution in [3.63, 3.8) is 0 Å². The number of nitrogens with two attached hydrogens (primary N) is 1. The zero-order chi connectivity index (χ0) is 11.3. The monoisotopic (exact) mass is 224 g/mol. The smallest absolute Gasteiger partial charge is 0.121 e. The van der Waals surface area contributed by atoms with Crippen LogP contribution in [0.2, 0.25) is 0 Å². The number of rotatable bonds is 5. The van der Waals surface area contributed by atoms with E-state index in [0.29, 0.717) is 18.0 Å². The largest absolute Gasteiger partial charge is 0.493 e. The molecule has 0 aromatic heterocycles. The van der Waals surface area contributed by atoms with Crippen LogP contribution < -0.4 is 15.4 Å². The quantitative estimate of drug-likeness (QED) is 0.774. The number of hydrogen-bond donors (Lipinski definition) is 1. The van der Waals surface area contributed by atoms with E-state index in [4.69, 9.17) is 22.7 Å². The molecule has 0 amide bonds. The Labute approximate surface area is 95.8 Å². The maximum atomic E-state index is 5.51. The Balaban J connectivity index is 2.54. The lowest BCUT2D eigenvalue weighted by molar-refractivity contribution is 0.329. The van der Waals surface area contributed by atoms with Gasteiger partial charge < -0.3 is 15.4 Å². The fraction of sp³-hybridized carbons (Fsp3) is 0.364. The summed E-state index contributed by atoms with van der Waals surface area (Å²) in [7, 11) is 3.99. The van der Waals surface area contributed by atoms with Crippen LogP contribution in [0.3, 0.4) is 0 Å². The van der Waals surface area contributed by atoms with Crippen molar-refractivity contribution in [1.82, 2.24) is 0 Å². The summed E-state index contributed by atoms with van der Waals surface area (Å²) in [5.41, 5.74) is 6.49. The fourth-order valence-corrected chi connectivity index (χ4v) is 1.20. The van der Waals surface area contributed by atoms with E-state index in [1.165, 1.54) is 0 Å². The van der Waals surface area contributed by atoms with E-state index >= 15 is 0 Å². The van der Waals surface area contributed by atoms with E-state index in [9.17, 15) is 0 Å². The highest BCUT2D eigenvalue weighted by molar-refractivity contribution is 7.80. The molecular weight excluding hydrogens is 208 g/mol. The molecule has 0 radical (unpaired) electrons. The van der Waals surface area contributed by atoms with Crippen molar-refractivity contribution in [1.29, 1.82) is 0 Å². The average molecular weight is 224 g/mol. The van der Waals surface area contributed by atoms with Crippen LogP contribution in [-0.2, 0) is 0 Å². The number of ether oxygens (including phenoxy) is 1. The highest BCUT2D eigenvalue weighted by Crippen LogP contribution is 2.19. The molecule has 0 aliphatic heterocycles. The summed E-state index contributed by atoms with van der Waals surface area (Å²) < 4.78 is 5.51. The summed E-state index contributed by atoms with van der Waals surface area (Å²) in [5.74, 6) is 0.845. The van der Waals surface area contributed by atoms with Crippen LogP contribution in [0, 0.1) is 0 Å². The van der Waals surface area contributed by atoms with Crippen molar-refractivity contribution in [2.45, 2.75) is 6.42 Å². The lowest BCUT2D eigenvalue weighted by Crippen LogP contribution is -2.13. The fourth-order valence-electron chi connectivity index (χ4n) is 1.12. The second-order valence-corrected chi connectivity index (χ2v) is 3.98. The third-order valence-electron chi connectivity index (χ3n) is 1.95. The zero-order valence-electron chi connectivity index (χ0n) is 9.06. The van der Waals surface area contributed by atoms with E-state index in [1.807, 2.05) is 43.3 Å². The van der Waals surface area contributed by atoms with E-state index in [2.05, 4.69) is 0 Å². The molecule has 0 aliphatic carbocycles. The highest BCUT2D eigenvalue weighted by Gasteiger charge is 1.98. The van der Waals surface area contributed by atoms with Gasteiger partial charge in [-0.25, -0.2) is 0 Å². The maximum Gasteiger partial charge on any atom is 0.121 e. The first-order chi connectivity index (χ1) is 7.09. The van der Waals surface area contributed by atoms with Crippen LogP contribution in [0.4, 0.5) is 5.69 Å². The summed E-state index contributed by atoms with van der Waals surface area (Å²) in [6.45, 7) is 0.534. The minimum absolute atomic E-state index is 0.485. The Kier molecular flexibility index (Phi) is 4.37. The topological polar surface area (TPSA) is 38.5 Å². The summed E-state index contributed by atoms with van der Waals surface area (Å²) >= 11 is 4.77. The van der Waals surface area contributed by atoms with Crippen LogP contribution >= 0.6 is 12.2 Å². The molecule has 1 aromatic rings. The Morgan fingerprint density at radius 2 is 2.20 bits per heavy atom. The number of benzene rings is 1. The lowest BCUT2D eigenvalue weighted by atomic mass is 10.3. The lowest BCUT2D eigenvalue weighted by Gasteiger charge is -2.13. The van der Waals surface area contributed by atoms with E-state index in [1.54, 1.807) is 0 Å². The van der Waals surface area contributed by atoms with Gasteiger partial charge in [0.05, 0.1) is 11.6 Å². The van der Waals surface area contributed by atoms with Gasteiger partial charge in [-0.05, 0) is 12.1 Å². The van der Waals surface area contributed by atoms with E-state index in [0.717, 1.165) is 11.4 Å². The molecule has 1 aromatic carbocycles. The predicted octanol–water partition coefficient (Wildman–Crippen LogP) is 1.81. The van der Waals surface area contributed by atoms with Crippen LogP contribution in [0.1, 0.15) is 6.42 Å². The molecule has 4 heteroatoms. The van der Waals surface area contributed by atoms with Gasteiger partial charge in [0.25, 0.3) is 0 Å². The molecule has 0 heterocycles. The highest BCUT2D eigenvalue weighted by atomic mass is 32.1. The summed E-state index contributed by atoms with van der Waals surface area (Å²) in [5, 5.41) is 0. The zero-order valence-corrected chi connectivity index (χ0v) is 9.88. The van der Waals surface area contributed by atoms with Gasteiger partial charge in [-0.15, -0.1) is 0 Å². The Morgan fingerprint density at radius 1 is 1.47 bits per heavy atom. The minimum Gasteiger partial charge on any atom is -0.493 e. The van der Waals surface area contributed by atoms with E-state index < -0.39 is 0 Å². The van der Waals surface area contributed by atoms with Crippen LogP contribution in [0.25, 0.3) is 0 Å². The van der Waals surface area contributed by atoms with Crippen molar-refractivity contribution in [2.24, 2.45) is 5.73 Å². The van der Waals surface area contributed by atoms with Gasteiger partial charge in [0.15, 0.2) is 0 Å². The van der Waals surface area contributed by atoms with Crippen LogP contribution in [-0.4, -0.2) is 25.7 Å². The second-order valence-electron chi connectivity index (χ2n) is 3.46. The van der Waals surface area contributed by atoms with Crippen molar-refractivity contribution < 1.29 is 4.74 Å². The van der Waals surface area contributed by atoms with Crippen molar-refractivity contribution in [3.8, 4) is 5.75 Å². The van der Waals surface area contributed by atoms with Crippen LogP contribution in [0.15, 0.2) is 24.3 Å². The molecule has 0 spiro atoms. The molecule has 3 nitrogen and oxygen atoms in total. The molecule has 0 unspecified atom stereocenters. The maximum absolute atomic E-state index is 5.51. The molecule has 0 saturated heterocycles. The first-order valence-electron chi connectivity index (χ1n) is 4.78. The number of nitrogens with zero attached hydrogens (tertiary/aromatic N) is 1. The third-order valence-corrected chi connectivity index (χ3v) is 2.16. The number of hydrogen-bond acceptors (Lipinski definition) is 3. The Morgan fingerprint density at radius 3 is 2.80 bits per heavy atom. The first-order valence-corrected chi connectivity index (χ1v) is 5.19. The summed E-state index contributed by atoms with van der Waals surface area (Å²) in [4.78, 5) is 2.51. The van der Waals surface area contributed by atoms with Gasteiger partial charge in [-0.2, -0.15) is 0 Å². The number of thiocarbonyl (C=S) groups is 1. The molecule has 0 fully saturated rings. The van der Waals surface area contributed by atoms with Gasteiger partial charge in [0, 0.05) is 32.3 Å². The van der Waals surface area contributed by atoms with Gasteiger partial charge in [-0.3, -0.25) is 0 Å². The van der Waals surface area contributed by atoms with Gasteiger partial charge in [0.1, 0.15) is 5.75 Å². The standard InChI is InChI=1S/C11H16N2OS/c1-13(2)9-4-3-5-10(8-9)14-7-6-11(12)15/h3-5,8H,6-7H2,1-2H3,(H2,12,15). The third kappa shape index (κ3) is 4.16. The molecule has 2 N–H and O–H groups in total. The predicted molar refractivity (Wildman–Crippen MR) is 67.7 cm³/mol. The molecule has 0 saturated carbocycles. The number of anilines is 1. The minimum atomic E-state index is 0.485. The average Bonchev–Trinajstić information content (AvgIpc) is 2.17. The molecule has 82 valence electrons. The van der Waals surface area contributed by atoms with Gasteiger partial charge >= 0.3 is 0 Å². The molecule has 15 heavy (non-hydrogen) atoms. The molecule has 0 atom stereocenters. The molecule has 0 bridgehead atoms. The van der Waals surface area contributed by atoms with Gasteiger partial charge in [-0.1, -0.05) is 18.3 Å². The Hall–Kier alpha value is -1.29. The summed E-state index contributed by atoms with van der Waals surface area (Å²) in [6.07, 6.45) is 0.613. The normalized spacial score (nSPS) is 9.73.